The van der Waals surface area contributed by atoms with Gasteiger partial charge in [0.1, 0.15) is 0 Å². The molecule has 0 aromatic rings. The first-order valence-electron chi connectivity index (χ1n) is 3.73. The molecule has 0 radical (unpaired) electrons. The van der Waals surface area contributed by atoms with Gasteiger partial charge in [-0.2, -0.15) is 0 Å². The molecule has 1 heterocycles. The number of rotatable bonds is 1. The minimum absolute atomic E-state index is 0.718. The molecule has 1 aliphatic heterocycles. The zero-order valence-electron chi connectivity index (χ0n) is 6.52. The standard InChI is InChI=1S/C7H16N2/c1-4-7-5-6(2)9(3)8-7/h6-8H,4-5H2,1-3H3. The van der Waals surface area contributed by atoms with Crippen molar-refractivity contribution in [1.82, 2.24) is 10.4 Å². The van der Waals surface area contributed by atoms with E-state index in [2.05, 4.69) is 31.3 Å². The van der Waals surface area contributed by atoms with Gasteiger partial charge in [0.2, 0.25) is 0 Å². The van der Waals surface area contributed by atoms with Gasteiger partial charge in [0.25, 0.3) is 0 Å². The topological polar surface area (TPSA) is 15.3 Å². The molecule has 2 heteroatoms. The van der Waals surface area contributed by atoms with E-state index in [0.717, 1.165) is 12.1 Å². The lowest BCUT2D eigenvalue weighted by Gasteiger charge is -2.13. The van der Waals surface area contributed by atoms with Crippen LogP contribution in [-0.4, -0.2) is 24.1 Å². The van der Waals surface area contributed by atoms with Crippen LogP contribution in [0.5, 0.6) is 0 Å². The molecule has 0 aromatic heterocycles. The van der Waals surface area contributed by atoms with E-state index < -0.39 is 0 Å². The van der Waals surface area contributed by atoms with Crippen molar-refractivity contribution in [1.29, 1.82) is 0 Å². The Kier molecular flexibility index (Phi) is 2.09. The van der Waals surface area contributed by atoms with Gasteiger partial charge in [0, 0.05) is 19.1 Å². The third-order valence-corrected chi connectivity index (χ3v) is 2.17. The lowest BCUT2D eigenvalue weighted by atomic mass is 10.1. The molecule has 0 saturated carbocycles. The number of hydrazine groups is 1. The molecule has 0 bridgehead atoms. The van der Waals surface area contributed by atoms with Crippen LogP contribution in [0.3, 0.4) is 0 Å². The van der Waals surface area contributed by atoms with Gasteiger partial charge >= 0.3 is 0 Å². The molecule has 2 nitrogen and oxygen atoms in total. The lowest BCUT2D eigenvalue weighted by molar-refractivity contribution is 0.238. The minimum Gasteiger partial charge on any atom is -0.252 e. The first kappa shape index (κ1) is 7.03. The van der Waals surface area contributed by atoms with Crippen LogP contribution in [0.1, 0.15) is 26.7 Å². The van der Waals surface area contributed by atoms with Crippen molar-refractivity contribution in [2.45, 2.75) is 38.8 Å². The van der Waals surface area contributed by atoms with E-state index >= 15 is 0 Å². The Labute approximate surface area is 57.2 Å². The van der Waals surface area contributed by atoms with Crippen LogP contribution in [-0.2, 0) is 0 Å². The molecule has 54 valence electrons. The van der Waals surface area contributed by atoms with Crippen LogP contribution >= 0.6 is 0 Å². The quantitative estimate of drug-likeness (QED) is 0.566. The summed E-state index contributed by atoms with van der Waals surface area (Å²) in [5.74, 6) is 0. The summed E-state index contributed by atoms with van der Waals surface area (Å²) in [6, 6.07) is 1.44. The van der Waals surface area contributed by atoms with Crippen molar-refractivity contribution in [3.05, 3.63) is 0 Å². The smallest absolute Gasteiger partial charge is 0.0228 e. The molecule has 0 amide bonds. The zero-order chi connectivity index (χ0) is 6.85. The Bertz CT molecular complexity index is 82.9. The molecule has 1 fully saturated rings. The van der Waals surface area contributed by atoms with E-state index in [1.54, 1.807) is 0 Å². The lowest BCUT2D eigenvalue weighted by Crippen LogP contribution is -2.34. The monoisotopic (exact) mass is 128 g/mol. The first-order valence-corrected chi connectivity index (χ1v) is 3.73. The second-order valence-corrected chi connectivity index (χ2v) is 2.93. The average Bonchev–Trinajstić information content (AvgIpc) is 2.13. The molecule has 0 aliphatic carbocycles. The largest absolute Gasteiger partial charge is 0.252 e. The second-order valence-electron chi connectivity index (χ2n) is 2.93. The molecule has 1 aliphatic rings. The summed E-state index contributed by atoms with van der Waals surface area (Å²) in [4.78, 5) is 0. The van der Waals surface area contributed by atoms with Gasteiger partial charge < -0.3 is 0 Å². The SMILES string of the molecule is CCC1CC(C)N(C)N1. The van der Waals surface area contributed by atoms with Gasteiger partial charge in [-0.15, -0.1) is 0 Å². The summed E-state index contributed by atoms with van der Waals surface area (Å²) in [7, 11) is 2.11. The van der Waals surface area contributed by atoms with Gasteiger partial charge in [-0.1, -0.05) is 6.92 Å². The van der Waals surface area contributed by atoms with E-state index in [9.17, 15) is 0 Å². The number of hydrogen-bond acceptors (Lipinski definition) is 2. The highest BCUT2D eigenvalue weighted by molar-refractivity contribution is 4.77. The summed E-state index contributed by atoms with van der Waals surface area (Å²) < 4.78 is 0. The number of hydrogen-bond donors (Lipinski definition) is 1. The van der Waals surface area contributed by atoms with E-state index in [4.69, 9.17) is 0 Å². The summed E-state index contributed by atoms with van der Waals surface area (Å²) in [5.41, 5.74) is 3.39. The Morgan fingerprint density at radius 1 is 1.67 bits per heavy atom. The molecule has 2 unspecified atom stereocenters. The van der Waals surface area contributed by atoms with Crippen molar-refractivity contribution in [3.8, 4) is 0 Å². The van der Waals surface area contributed by atoms with Crippen LogP contribution in [0.2, 0.25) is 0 Å². The summed E-state index contributed by atoms with van der Waals surface area (Å²) in [5, 5.41) is 2.20. The third kappa shape index (κ3) is 1.43. The van der Waals surface area contributed by atoms with Gasteiger partial charge in [-0.3, -0.25) is 5.43 Å². The molecule has 1 saturated heterocycles. The second kappa shape index (κ2) is 2.67. The molecule has 0 spiro atoms. The normalized spacial score (nSPS) is 37.7. The van der Waals surface area contributed by atoms with Gasteiger partial charge in [0.15, 0.2) is 0 Å². The van der Waals surface area contributed by atoms with E-state index in [1.165, 1.54) is 12.8 Å². The Hall–Kier alpha value is -0.0800. The van der Waals surface area contributed by atoms with Crippen molar-refractivity contribution >= 4 is 0 Å². The van der Waals surface area contributed by atoms with Gasteiger partial charge in [0.05, 0.1) is 0 Å². The summed E-state index contributed by atoms with van der Waals surface area (Å²) >= 11 is 0. The summed E-state index contributed by atoms with van der Waals surface area (Å²) in [6.45, 7) is 4.48. The van der Waals surface area contributed by atoms with Gasteiger partial charge in [-0.05, 0) is 19.8 Å². The molecule has 1 rings (SSSR count). The van der Waals surface area contributed by atoms with Gasteiger partial charge in [-0.25, -0.2) is 5.01 Å². The highest BCUT2D eigenvalue weighted by Gasteiger charge is 2.23. The van der Waals surface area contributed by atoms with Crippen LogP contribution < -0.4 is 5.43 Å². The third-order valence-electron chi connectivity index (χ3n) is 2.17. The minimum atomic E-state index is 0.718. The fraction of sp³-hybridized carbons (Fsp3) is 1.00. The van der Waals surface area contributed by atoms with Crippen LogP contribution in [0.25, 0.3) is 0 Å². The highest BCUT2D eigenvalue weighted by atomic mass is 15.5. The molecular formula is C7H16N2. The molecule has 1 N–H and O–H groups in total. The number of nitrogens with one attached hydrogen (secondary N) is 1. The Morgan fingerprint density at radius 2 is 2.33 bits per heavy atom. The fourth-order valence-electron chi connectivity index (χ4n) is 1.30. The maximum atomic E-state index is 3.39. The molecule has 0 aromatic carbocycles. The van der Waals surface area contributed by atoms with Crippen molar-refractivity contribution in [2.24, 2.45) is 0 Å². The van der Waals surface area contributed by atoms with Crippen molar-refractivity contribution in [2.75, 3.05) is 7.05 Å². The zero-order valence-corrected chi connectivity index (χ0v) is 6.52. The maximum absolute atomic E-state index is 3.39. The molecule has 9 heavy (non-hydrogen) atoms. The average molecular weight is 128 g/mol. The first-order chi connectivity index (χ1) is 4.24. The molecule has 2 atom stereocenters. The highest BCUT2D eigenvalue weighted by Crippen LogP contribution is 2.13. The predicted octanol–water partition coefficient (Wildman–Crippen LogP) is 0.994. The van der Waals surface area contributed by atoms with Crippen LogP contribution in [0.15, 0.2) is 0 Å². The van der Waals surface area contributed by atoms with Crippen molar-refractivity contribution < 1.29 is 0 Å². The Morgan fingerprint density at radius 3 is 2.56 bits per heavy atom. The van der Waals surface area contributed by atoms with E-state index in [0.29, 0.717) is 0 Å². The van der Waals surface area contributed by atoms with E-state index in [1.807, 2.05) is 0 Å². The molecular weight excluding hydrogens is 112 g/mol. The van der Waals surface area contributed by atoms with Crippen molar-refractivity contribution in [3.63, 3.8) is 0 Å². The maximum Gasteiger partial charge on any atom is 0.0228 e. The van der Waals surface area contributed by atoms with Crippen LogP contribution in [0.4, 0.5) is 0 Å². The number of nitrogens with zero attached hydrogens (tertiary/aromatic N) is 1. The Balaban J connectivity index is 2.35. The predicted molar refractivity (Wildman–Crippen MR) is 39.1 cm³/mol. The fourth-order valence-corrected chi connectivity index (χ4v) is 1.30. The van der Waals surface area contributed by atoms with Crippen LogP contribution in [0, 0.1) is 0 Å². The van der Waals surface area contributed by atoms with E-state index in [-0.39, 0.29) is 0 Å². The summed E-state index contributed by atoms with van der Waals surface area (Å²) in [6.07, 6.45) is 2.54.